The lowest BCUT2D eigenvalue weighted by molar-refractivity contribution is 0.409. The molecule has 2 heterocycles. The minimum atomic E-state index is -0.443. The van der Waals surface area contributed by atoms with Gasteiger partial charge in [-0.1, -0.05) is 5.92 Å². The Labute approximate surface area is 150 Å². The van der Waals surface area contributed by atoms with Crippen LogP contribution in [0.15, 0.2) is 35.3 Å². The fourth-order valence-electron chi connectivity index (χ4n) is 3.04. The summed E-state index contributed by atoms with van der Waals surface area (Å²) in [7, 11) is 0. The maximum Gasteiger partial charge on any atom is 0.275 e. The van der Waals surface area contributed by atoms with Crippen LogP contribution in [-0.2, 0) is 6.54 Å². The van der Waals surface area contributed by atoms with E-state index in [1.54, 1.807) is 6.92 Å². The minimum Gasteiger partial charge on any atom is -0.493 e. The highest BCUT2D eigenvalue weighted by molar-refractivity contribution is 5.75. The highest BCUT2D eigenvalue weighted by Crippen LogP contribution is 2.32. The number of hydrogen-bond donors (Lipinski definition) is 2. The molecule has 26 heavy (non-hydrogen) atoms. The molecule has 2 N–H and O–H groups in total. The molecular weight excluding hydrogens is 333 g/mol. The van der Waals surface area contributed by atoms with Gasteiger partial charge in [0.2, 0.25) is 5.88 Å². The fraction of sp³-hybridized carbons (Fsp3) is 0.200. The van der Waals surface area contributed by atoms with Gasteiger partial charge in [0.05, 0.1) is 18.4 Å². The summed E-state index contributed by atoms with van der Waals surface area (Å²) in [4.78, 5) is 16.4. The van der Waals surface area contributed by atoms with E-state index in [0.29, 0.717) is 11.3 Å². The monoisotopic (exact) mass is 351 g/mol. The smallest absolute Gasteiger partial charge is 0.275 e. The Morgan fingerprint density at radius 2 is 1.92 bits per heavy atom. The highest BCUT2D eigenvalue weighted by atomic mass is 19.1. The van der Waals surface area contributed by atoms with E-state index in [1.807, 2.05) is 26.0 Å². The van der Waals surface area contributed by atoms with Crippen molar-refractivity contribution in [3.05, 3.63) is 69.0 Å². The largest absolute Gasteiger partial charge is 0.493 e. The molecule has 0 saturated heterocycles. The van der Waals surface area contributed by atoms with E-state index in [2.05, 4.69) is 21.9 Å². The molecule has 0 spiro atoms. The van der Waals surface area contributed by atoms with E-state index in [1.165, 1.54) is 16.8 Å². The molecule has 3 aromatic rings. The number of halogens is 1. The van der Waals surface area contributed by atoms with Gasteiger partial charge in [-0.2, -0.15) is 0 Å². The zero-order valence-corrected chi connectivity index (χ0v) is 14.7. The molecule has 0 bridgehead atoms. The molecule has 0 radical (unpaired) electrons. The molecule has 5 nitrogen and oxygen atoms in total. The Bertz CT molecular complexity index is 1060. The van der Waals surface area contributed by atoms with Crippen LogP contribution in [0.1, 0.15) is 29.3 Å². The standard InChI is InChI=1S/C20H18FN3O2/c1-4-5-14-8-12(2)17(13(3)9-14)18-19(25)23-24(20(18)26)11-16-7-6-15(21)10-22-16/h6-10,26H,11H2,1-3H3,(H,23,25). The summed E-state index contributed by atoms with van der Waals surface area (Å²) >= 11 is 0. The average molecular weight is 351 g/mol. The molecule has 6 heteroatoms. The lowest BCUT2D eigenvalue weighted by atomic mass is 9.95. The van der Waals surface area contributed by atoms with Crippen molar-refractivity contribution >= 4 is 0 Å². The van der Waals surface area contributed by atoms with Gasteiger partial charge in [0, 0.05) is 5.56 Å². The second kappa shape index (κ2) is 6.89. The predicted molar refractivity (Wildman–Crippen MR) is 97.5 cm³/mol. The number of pyridine rings is 1. The minimum absolute atomic E-state index is 0.124. The number of nitrogens with one attached hydrogen (secondary N) is 1. The molecule has 0 amide bonds. The Balaban J connectivity index is 2.07. The first kappa shape index (κ1) is 17.5. The third-order valence-electron chi connectivity index (χ3n) is 4.10. The van der Waals surface area contributed by atoms with E-state index in [0.717, 1.165) is 22.9 Å². The highest BCUT2D eigenvalue weighted by Gasteiger charge is 2.20. The van der Waals surface area contributed by atoms with Crippen LogP contribution in [0.3, 0.4) is 0 Å². The van der Waals surface area contributed by atoms with Crippen LogP contribution in [-0.4, -0.2) is 19.9 Å². The normalized spacial score (nSPS) is 10.5. The van der Waals surface area contributed by atoms with E-state index in [4.69, 9.17) is 0 Å². The van der Waals surface area contributed by atoms with Gasteiger partial charge in [0.25, 0.3) is 5.56 Å². The zero-order valence-electron chi connectivity index (χ0n) is 14.7. The Morgan fingerprint density at radius 1 is 1.23 bits per heavy atom. The molecule has 3 rings (SSSR count). The van der Waals surface area contributed by atoms with Crippen molar-refractivity contribution < 1.29 is 9.50 Å². The van der Waals surface area contributed by atoms with Crippen LogP contribution >= 0.6 is 0 Å². The first-order valence-corrected chi connectivity index (χ1v) is 8.07. The number of hydrogen-bond acceptors (Lipinski definition) is 3. The van der Waals surface area contributed by atoms with Crippen LogP contribution in [0, 0.1) is 31.5 Å². The number of aromatic nitrogens is 3. The quantitative estimate of drug-likeness (QED) is 0.712. The lowest BCUT2D eigenvalue weighted by Gasteiger charge is -2.10. The van der Waals surface area contributed by atoms with Crippen LogP contribution in [0.2, 0.25) is 0 Å². The topological polar surface area (TPSA) is 70.9 Å². The van der Waals surface area contributed by atoms with Gasteiger partial charge >= 0.3 is 0 Å². The number of rotatable bonds is 3. The van der Waals surface area contributed by atoms with Crippen LogP contribution < -0.4 is 5.56 Å². The van der Waals surface area contributed by atoms with Gasteiger partial charge in [-0.05, 0) is 61.7 Å². The SMILES string of the molecule is CC#Cc1cc(C)c(-c2c(O)n(Cc3ccc(F)cn3)[nH]c2=O)c(C)c1. The van der Waals surface area contributed by atoms with Crippen LogP contribution in [0.25, 0.3) is 11.1 Å². The number of aromatic amines is 1. The van der Waals surface area contributed by atoms with Crippen molar-refractivity contribution in [1.29, 1.82) is 0 Å². The lowest BCUT2D eigenvalue weighted by Crippen LogP contribution is -2.08. The van der Waals surface area contributed by atoms with E-state index >= 15 is 0 Å². The Hall–Kier alpha value is -3.33. The van der Waals surface area contributed by atoms with Gasteiger partial charge in [0.1, 0.15) is 11.4 Å². The number of aryl methyl sites for hydroxylation is 2. The van der Waals surface area contributed by atoms with Crippen molar-refractivity contribution in [2.75, 3.05) is 0 Å². The number of benzene rings is 1. The summed E-state index contributed by atoms with van der Waals surface area (Å²) in [5, 5.41) is 13.2. The maximum atomic E-state index is 13.0. The molecule has 0 unspecified atom stereocenters. The predicted octanol–water partition coefficient (Wildman–Crippen LogP) is 3.12. The van der Waals surface area contributed by atoms with Gasteiger partial charge < -0.3 is 5.11 Å². The first-order valence-electron chi connectivity index (χ1n) is 8.07. The molecule has 1 aromatic carbocycles. The van der Waals surface area contributed by atoms with Crippen molar-refractivity contribution in [3.63, 3.8) is 0 Å². The van der Waals surface area contributed by atoms with Crippen LogP contribution in [0.4, 0.5) is 4.39 Å². The van der Waals surface area contributed by atoms with Gasteiger partial charge in [-0.15, -0.1) is 5.92 Å². The number of aromatic hydroxyl groups is 1. The Kier molecular flexibility index (Phi) is 4.63. The van der Waals surface area contributed by atoms with E-state index in [-0.39, 0.29) is 18.0 Å². The van der Waals surface area contributed by atoms with Crippen molar-refractivity contribution in [2.24, 2.45) is 0 Å². The fourth-order valence-corrected chi connectivity index (χ4v) is 3.04. The molecular formula is C20H18FN3O2. The molecule has 0 aliphatic rings. The van der Waals surface area contributed by atoms with Gasteiger partial charge in [0.15, 0.2) is 0 Å². The van der Waals surface area contributed by atoms with Crippen molar-refractivity contribution in [2.45, 2.75) is 27.3 Å². The molecule has 0 aliphatic carbocycles. The Morgan fingerprint density at radius 3 is 2.50 bits per heavy atom. The molecule has 2 aromatic heterocycles. The van der Waals surface area contributed by atoms with Gasteiger partial charge in [-0.3, -0.25) is 14.9 Å². The summed E-state index contributed by atoms with van der Waals surface area (Å²) in [6.45, 7) is 5.64. The van der Waals surface area contributed by atoms with E-state index < -0.39 is 11.4 Å². The van der Waals surface area contributed by atoms with Crippen molar-refractivity contribution in [1.82, 2.24) is 14.8 Å². The molecule has 0 fully saturated rings. The molecule has 0 saturated carbocycles. The third-order valence-corrected chi connectivity index (χ3v) is 4.10. The maximum absolute atomic E-state index is 13.0. The zero-order chi connectivity index (χ0) is 18.8. The first-order chi connectivity index (χ1) is 12.4. The summed E-state index contributed by atoms with van der Waals surface area (Å²) < 4.78 is 14.3. The number of H-pyrrole nitrogens is 1. The summed E-state index contributed by atoms with van der Waals surface area (Å²) in [6.07, 6.45) is 1.09. The van der Waals surface area contributed by atoms with Crippen LogP contribution in [0.5, 0.6) is 5.88 Å². The summed E-state index contributed by atoms with van der Waals surface area (Å²) in [5.41, 5.74) is 3.56. The second-order valence-corrected chi connectivity index (χ2v) is 6.05. The summed E-state index contributed by atoms with van der Waals surface area (Å²) in [5.74, 6) is 5.23. The van der Waals surface area contributed by atoms with E-state index in [9.17, 15) is 14.3 Å². The molecule has 132 valence electrons. The van der Waals surface area contributed by atoms with Crippen molar-refractivity contribution in [3.8, 4) is 28.8 Å². The number of nitrogens with zero attached hydrogens (tertiary/aromatic N) is 2. The molecule has 0 atom stereocenters. The van der Waals surface area contributed by atoms with Gasteiger partial charge in [-0.25, -0.2) is 9.07 Å². The second-order valence-electron chi connectivity index (χ2n) is 6.05. The summed E-state index contributed by atoms with van der Waals surface area (Å²) in [6, 6.07) is 6.55. The average Bonchev–Trinajstić information content (AvgIpc) is 2.84. The molecule has 0 aliphatic heterocycles. The third kappa shape index (κ3) is 3.24.